The summed E-state index contributed by atoms with van der Waals surface area (Å²) in [6.07, 6.45) is 5.37. The van der Waals surface area contributed by atoms with Gasteiger partial charge in [-0.05, 0) is 51.2 Å². The molecular formula is C31H29F3N6O3S. The van der Waals surface area contributed by atoms with E-state index in [0.29, 0.717) is 54.4 Å². The highest BCUT2D eigenvalue weighted by Gasteiger charge is 2.54. The molecule has 44 heavy (non-hydrogen) atoms. The number of likely N-dealkylation sites (N-methyl/N-ethyl adjacent to an activating group) is 2. The molecule has 1 N–H and O–H groups in total. The molecule has 0 unspecified atom stereocenters. The lowest BCUT2D eigenvalue weighted by atomic mass is 9.64. The number of amides is 1. The molecule has 1 amide bonds. The van der Waals surface area contributed by atoms with Crippen molar-refractivity contribution in [2.45, 2.75) is 35.6 Å². The zero-order chi connectivity index (χ0) is 31.1. The van der Waals surface area contributed by atoms with Crippen molar-refractivity contribution in [2.24, 2.45) is 0 Å². The number of nitrogens with zero attached hydrogens (tertiary/aromatic N) is 5. The van der Waals surface area contributed by atoms with Crippen LogP contribution in [0.5, 0.6) is 0 Å². The van der Waals surface area contributed by atoms with Crippen molar-refractivity contribution < 1.29 is 26.4 Å². The van der Waals surface area contributed by atoms with Gasteiger partial charge in [0.1, 0.15) is 22.3 Å². The van der Waals surface area contributed by atoms with Crippen LogP contribution >= 0.6 is 0 Å². The molecule has 1 spiro atoms. The Bertz CT molecular complexity index is 1980. The van der Waals surface area contributed by atoms with Crippen molar-refractivity contribution in [3.05, 3.63) is 71.8 Å². The highest BCUT2D eigenvalue weighted by molar-refractivity contribution is 7.92. The van der Waals surface area contributed by atoms with Crippen LogP contribution in [0.1, 0.15) is 24.8 Å². The summed E-state index contributed by atoms with van der Waals surface area (Å²) >= 11 is 0. The number of aromatic nitrogens is 2. The average Bonchev–Trinajstić information content (AvgIpc) is 3.14. The van der Waals surface area contributed by atoms with E-state index in [0.717, 1.165) is 24.1 Å². The van der Waals surface area contributed by atoms with Gasteiger partial charge in [0.05, 0.1) is 28.5 Å². The fraction of sp³-hybridized carbons (Fsp3) is 0.323. The number of pyridine rings is 2. The van der Waals surface area contributed by atoms with E-state index in [-0.39, 0.29) is 28.8 Å². The molecular weight excluding hydrogens is 593 g/mol. The summed E-state index contributed by atoms with van der Waals surface area (Å²) in [5, 5.41) is 0.646. The van der Waals surface area contributed by atoms with Crippen LogP contribution in [0, 0.1) is 17.5 Å². The summed E-state index contributed by atoms with van der Waals surface area (Å²) in [4.78, 5) is 27.0. The third-order valence-corrected chi connectivity index (χ3v) is 10.6. The molecule has 2 fully saturated rings. The molecule has 7 rings (SSSR count). The zero-order valence-corrected chi connectivity index (χ0v) is 25.1. The van der Waals surface area contributed by atoms with Gasteiger partial charge in [0, 0.05) is 66.6 Å². The van der Waals surface area contributed by atoms with Crippen molar-refractivity contribution in [3.63, 3.8) is 0 Å². The first-order valence-corrected chi connectivity index (χ1v) is 15.7. The summed E-state index contributed by atoms with van der Waals surface area (Å²) in [5.41, 5.74) is 1.70. The maximum Gasteiger partial charge on any atom is 0.264 e. The molecule has 2 aromatic carbocycles. The van der Waals surface area contributed by atoms with Crippen molar-refractivity contribution >= 4 is 44.0 Å². The van der Waals surface area contributed by atoms with Gasteiger partial charge < -0.3 is 14.7 Å². The van der Waals surface area contributed by atoms with E-state index in [4.69, 9.17) is 0 Å². The van der Waals surface area contributed by atoms with Gasteiger partial charge in [-0.15, -0.1) is 0 Å². The van der Waals surface area contributed by atoms with Crippen LogP contribution in [0.3, 0.4) is 0 Å². The number of anilines is 3. The number of hydrogen-bond donors (Lipinski definition) is 1. The number of carbonyl (C=O) groups excluding carboxylic acids is 1. The largest absolute Gasteiger partial charge is 0.352 e. The van der Waals surface area contributed by atoms with Crippen LogP contribution in [-0.2, 0) is 20.2 Å². The lowest BCUT2D eigenvalue weighted by molar-refractivity contribution is -0.125. The average molecular weight is 623 g/mol. The van der Waals surface area contributed by atoms with Crippen molar-refractivity contribution in [1.29, 1.82) is 0 Å². The van der Waals surface area contributed by atoms with E-state index in [1.807, 2.05) is 23.9 Å². The lowest BCUT2D eigenvalue weighted by Crippen LogP contribution is -2.57. The van der Waals surface area contributed by atoms with E-state index in [9.17, 15) is 22.0 Å². The molecule has 0 bridgehead atoms. The van der Waals surface area contributed by atoms with Crippen LogP contribution in [0.4, 0.5) is 30.4 Å². The molecule has 0 atom stereocenters. The first-order valence-electron chi connectivity index (χ1n) is 14.2. The number of rotatable bonds is 6. The number of nitrogens with one attached hydrogen (secondary N) is 1. The van der Waals surface area contributed by atoms with E-state index in [2.05, 4.69) is 14.7 Å². The lowest BCUT2D eigenvalue weighted by Gasteiger charge is -2.44. The summed E-state index contributed by atoms with van der Waals surface area (Å²) in [5.74, 6) is -2.46. The first kappa shape index (κ1) is 28.5. The molecule has 4 heterocycles. The maximum absolute atomic E-state index is 15.7. The van der Waals surface area contributed by atoms with E-state index >= 15 is 4.39 Å². The molecule has 1 saturated carbocycles. The number of carbonyl (C=O) groups is 1. The molecule has 2 aliphatic heterocycles. The van der Waals surface area contributed by atoms with Crippen LogP contribution in [0.2, 0.25) is 0 Å². The Balaban J connectivity index is 1.35. The van der Waals surface area contributed by atoms with Gasteiger partial charge >= 0.3 is 0 Å². The SMILES string of the molecule is CN1C(=O)C2(CCC2)c2c1cnc1cc(F)c(-c3cnc(N4CC(N(C)C)C4)c(NS(=O)(=O)c4ccc(F)cc4F)c3)cc21. The summed E-state index contributed by atoms with van der Waals surface area (Å²) in [6.45, 7) is 1.12. The molecule has 13 heteroatoms. The highest BCUT2D eigenvalue weighted by Crippen LogP contribution is 2.55. The molecule has 1 saturated heterocycles. The molecule has 1 aliphatic carbocycles. The Morgan fingerprint density at radius 2 is 1.75 bits per heavy atom. The molecule has 228 valence electrons. The van der Waals surface area contributed by atoms with Gasteiger partial charge in [-0.1, -0.05) is 6.42 Å². The summed E-state index contributed by atoms with van der Waals surface area (Å²) < 4.78 is 72.9. The van der Waals surface area contributed by atoms with Crippen LogP contribution < -0.4 is 14.5 Å². The fourth-order valence-corrected chi connectivity index (χ4v) is 7.61. The van der Waals surface area contributed by atoms with E-state index in [1.54, 1.807) is 24.2 Å². The first-order chi connectivity index (χ1) is 20.9. The third-order valence-electron chi connectivity index (χ3n) is 9.20. The Morgan fingerprint density at radius 3 is 2.41 bits per heavy atom. The topological polar surface area (TPSA) is 98.7 Å². The zero-order valence-electron chi connectivity index (χ0n) is 24.2. The van der Waals surface area contributed by atoms with Crippen LogP contribution in [-0.4, -0.2) is 69.5 Å². The minimum Gasteiger partial charge on any atom is -0.352 e. The van der Waals surface area contributed by atoms with Crippen LogP contribution in [0.15, 0.2) is 53.7 Å². The number of fused-ring (bicyclic) bond motifs is 4. The second-order valence-corrected chi connectivity index (χ2v) is 13.6. The second-order valence-electron chi connectivity index (χ2n) is 12.0. The molecule has 9 nitrogen and oxygen atoms in total. The summed E-state index contributed by atoms with van der Waals surface area (Å²) in [7, 11) is 1.07. The fourth-order valence-electron chi connectivity index (χ4n) is 6.49. The number of hydrogen-bond acceptors (Lipinski definition) is 7. The van der Waals surface area contributed by atoms with Gasteiger partial charge in [-0.3, -0.25) is 14.5 Å². The molecule has 3 aliphatic rings. The van der Waals surface area contributed by atoms with Gasteiger partial charge in [0.15, 0.2) is 5.82 Å². The van der Waals surface area contributed by atoms with Gasteiger partial charge in [-0.2, -0.15) is 0 Å². The predicted molar refractivity (Wildman–Crippen MR) is 161 cm³/mol. The summed E-state index contributed by atoms with van der Waals surface area (Å²) in [6, 6.07) is 6.82. The quantitative estimate of drug-likeness (QED) is 0.334. The smallest absolute Gasteiger partial charge is 0.264 e. The van der Waals surface area contributed by atoms with Crippen molar-refractivity contribution in [1.82, 2.24) is 14.9 Å². The maximum atomic E-state index is 15.7. The minimum atomic E-state index is -4.52. The molecule has 0 radical (unpaired) electrons. The van der Waals surface area contributed by atoms with Crippen molar-refractivity contribution in [3.8, 4) is 11.1 Å². The Morgan fingerprint density at radius 1 is 1.00 bits per heavy atom. The van der Waals surface area contributed by atoms with Gasteiger partial charge in [-0.25, -0.2) is 26.6 Å². The standard InChI is InChI=1S/C31H29F3N6O3S/c1-38(2)19-15-40(16-19)29-25(37-44(42,43)27-6-5-18(32)10-23(27)34)9-17(13-36-29)20-11-21-24(12-22(20)33)35-14-26-28(21)31(7-4-8-31)30(41)39(26)3/h5-6,9-14,19,37H,4,7-8,15-16H2,1-3H3. The monoisotopic (exact) mass is 622 g/mol. The minimum absolute atomic E-state index is 0.000222. The Hall–Kier alpha value is -4.23. The highest BCUT2D eigenvalue weighted by atomic mass is 32.2. The molecule has 2 aromatic heterocycles. The Labute approximate surface area is 252 Å². The predicted octanol–water partition coefficient (Wildman–Crippen LogP) is 4.66. The molecule has 4 aromatic rings. The van der Waals surface area contributed by atoms with Crippen LogP contribution in [0.25, 0.3) is 22.0 Å². The van der Waals surface area contributed by atoms with Gasteiger partial charge in [0.25, 0.3) is 10.0 Å². The van der Waals surface area contributed by atoms with E-state index in [1.165, 1.54) is 18.3 Å². The van der Waals surface area contributed by atoms with Crippen molar-refractivity contribution in [2.75, 3.05) is 48.8 Å². The normalized spacial score (nSPS) is 17.8. The third kappa shape index (κ3) is 4.24. The second kappa shape index (κ2) is 9.89. The van der Waals surface area contributed by atoms with Gasteiger partial charge in [0.2, 0.25) is 5.91 Å². The number of sulfonamides is 1. The number of benzene rings is 2. The van der Waals surface area contributed by atoms with E-state index < -0.39 is 37.8 Å². The Kier molecular flexibility index (Phi) is 6.42. The number of halogens is 3.